The Balaban J connectivity index is 1.77. The molecule has 3 rings (SSSR count). The SMILES string of the molecule is CC1(C)OC(=O)c2cc(OCc3ccccc3)ccc2O1. The fraction of sp³-hybridized carbons (Fsp3) is 0.235. The smallest absolute Gasteiger partial charge is 0.345 e. The number of cyclic esters (lactones) is 1. The fourth-order valence-corrected chi connectivity index (χ4v) is 2.15. The Bertz CT molecular complexity index is 662. The summed E-state index contributed by atoms with van der Waals surface area (Å²) in [7, 11) is 0. The molecule has 0 atom stereocenters. The number of hydrogen-bond acceptors (Lipinski definition) is 4. The molecule has 0 saturated carbocycles. The summed E-state index contributed by atoms with van der Waals surface area (Å²) in [6, 6.07) is 15.0. The van der Waals surface area contributed by atoms with E-state index in [9.17, 15) is 4.79 Å². The van der Waals surface area contributed by atoms with E-state index in [4.69, 9.17) is 14.2 Å². The van der Waals surface area contributed by atoms with Gasteiger partial charge < -0.3 is 14.2 Å². The quantitative estimate of drug-likeness (QED) is 0.808. The first-order valence-electron chi connectivity index (χ1n) is 6.77. The molecule has 1 aliphatic rings. The highest BCUT2D eigenvalue weighted by molar-refractivity contribution is 5.94. The number of esters is 1. The predicted molar refractivity (Wildman–Crippen MR) is 77.3 cm³/mol. The van der Waals surface area contributed by atoms with Crippen molar-refractivity contribution in [1.29, 1.82) is 0 Å². The van der Waals surface area contributed by atoms with Crippen LogP contribution >= 0.6 is 0 Å². The van der Waals surface area contributed by atoms with Gasteiger partial charge in [-0.1, -0.05) is 30.3 Å². The highest BCUT2D eigenvalue weighted by Crippen LogP contribution is 2.33. The molecule has 0 spiro atoms. The second kappa shape index (κ2) is 5.13. The minimum Gasteiger partial charge on any atom is -0.489 e. The highest BCUT2D eigenvalue weighted by atomic mass is 16.7. The van der Waals surface area contributed by atoms with Crippen molar-refractivity contribution in [3.05, 3.63) is 59.7 Å². The molecule has 0 aromatic heterocycles. The first-order chi connectivity index (χ1) is 10.0. The summed E-state index contributed by atoms with van der Waals surface area (Å²) >= 11 is 0. The van der Waals surface area contributed by atoms with Gasteiger partial charge >= 0.3 is 5.97 Å². The summed E-state index contributed by atoms with van der Waals surface area (Å²) in [6.07, 6.45) is 0. The molecule has 108 valence electrons. The summed E-state index contributed by atoms with van der Waals surface area (Å²) in [5, 5.41) is 0. The Kier molecular flexibility index (Phi) is 3.29. The molecule has 0 N–H and O–H groups in total. The Morgan fingerprint density at radius 2 is 1.81 bits per heavy atom. The monoisotopic (exact) mass is 284 g/mol. The molecule has 0 fully saturated rings. The summed E-state index contributed by atoms with van der Waals surface area (Å²) in [4.78, 5) is 12.0. The molecule has 1 aliphatic heterocycles. The van der Waals surface area contributed by atoms with Crippen molar-refractivity contribution in [3.8, 4) is 11.5 Å². The van der Waals surface area contributed by atoms with Gasteiger partial charge in [-0.15, -0.1) is 0 Å². The number of ether oxygens (including phenoxy) is 3. The van der Waals surface area contributed by atoms with E-state index in [-0.39, 0.29) is 0 Å². The molecule has 0 amide bonds. The van der Waals surface area contributed by atoms with Gasteiger partial charge in [0, 0.05) is 13.8 Å². The van der Waals surface area contributed by atoms with Gasteiger partial charge in [0.05, 0.1) is 0 Å². The standard InChI is InChI=1S/C17H16O4/c1-17(2)20-15-9-8-13(10-14(15)16(18)21-17)19-11-12-6-4-3-5-7-12/h3-10H,11H2,1-2H3. The number of benzene rings is 2. The number of carbonyl (C=O) groups excluding carboxylic acids is 1. The van der Waals surface area contributed by atoms with Gasteiger partial charge in [-0.2, -0.15) is 0 Å². The van der Waals surface area contributed by atoms with Crippen LogP contribution in [0.25, 0.3) is 0 Å². The molecule has 4 heteroatoms. The first kappa shape index (κ1) is 13.5. The zero-order chi connectivity index (χ0) is 14.9. The molecular weight excluding hydrogens is 268 g/mol. The molecule has 0 aliphatic carbocycles. The maximum absolute atomic E-state index is 12.0. The van der Waals surface area contributed by atoms with E-state index in [1.807, 2.05) is 30.3 Å². The Labute approximate surface area is 123 Å². The van der Waals surface area contributed by atoms with E-state index in [2.05, 4.69) is 0 Å². The van der Waals surface area contributed by atoms with Crippen molar-refractivity contribution in [2.45, 2.75) is 26.2 Å². The third-order valence-electron chi connectivity index (χ3n) is 3.11. The zero-order valence-electron chi connectivity index (χ0n) is 12.0. The average molecular weight is 284 g/mol. The Morgan fingerprint density at radius 1 is 1.05 bits per heavy atom. The van der Waals surface area contributed by atoms with Crippen molar-refractivity contribution >= 4 is 5.97 Å². The number of carbonyl (C=O) groups is 1. The van der Waals surface area contributed by atoms with Crippen molar-refractivity contribution < 1.29 is 19.0 Å². The lowest BCUT2D eigenvalue weighted by atomic mass is 10.1. The van der Waals surface area contributed by atoms with Crippen molar-refractivity contribution in [3.63, 3.8) is 0 Å². The molecule has 4 nitrogen and oxygen atoms in total. The first-order valence-corrected chi connectivity index (χ1v) is 6.77. The van der Waals surface area contributed by atoms with Crippen molar-refractivity contribution in [2.75, 3.05) is 0 Å². The lowest BCUT2D eigenvalue weighted by Crippen LogP contribution is -2.38. The lowest BCUT2D eigenvalue weighted by Gasteiger charge is -2.31. The van der Waals surface area contributed by atoms with E-state index in [1.165, 1.54) is 0 Å². The topological polar surface area (TPSA) is 44.8 Å². The maximum atomic E-state index is 12.0. The van der Waals surface area contributed by atoms with Crippen LogP contribution in [0.1, 0.15) is 29.8 Å². The fourth-order valence-electron chi connectivity index (χ4n) is 2.15. The molecule has 0 saturated heterocycles. The van der Waals surface area contributed by atoms with Gasteiger partial charge in [0.2, 0.25) is 5.79 Å². The van der Waals surface area contributed by atoms with Gasteiger partial charge in [0.25, 0.3) is 0 Å². The third kappa shape index (κ3) is 2.99. The van der Waals surface area contributed by atoms with Crippen LogP contribution in [-0.2, 0) is 11.3 Å². The minimum absolute atomic E-state index is 0.389. The van der Waals surface area contributed by atoms with E-state index in [1.54, 1.807) is 32.0 Å². The van der Waals surface area contributed by atoms with E-state index < -0.39 is 11.8 Å². The Hall–Kier alpha value is -2.49. The van der Waals surface area contributed by atoms with Crippen LogP contribution in [0.5, 0.6) is 11.5 Å². The zero-order valence-corrected chi connectivity index (χ0v) is 12.0. The third-order valence-corrected chi connectivity index (χ3v) is 3.11. The van der Waals surface area contributed by atoms with E-state index in [0.717, 1.165) is 5.56 Å². The lowest BCUT2D eigenvalue weighted by molar-refractivity contribution is -0.127. The van der Waals surface area contributed by atoms with Gasteiger partial charge in [0.1, 0.15) is 23.7 Å². The van der Waals surface area contributed by atoms with Crippen LogP contribution in [0.3, 0.4) is 0 Å². The van der Waals surface area contributed by atoms with Crippen molar-refractivity contribution in [2.24, 2.45) is 0 Å². The molecule has 1 heterocycles. The summed E-state index contributed by atoms with van der Waals surface area (Å²) < 4.78 is 16.5. The van der Waals surface area contributed by atoms with Gasteiger partial charge in [-0.25, -0.2) is 4.79 Å². The summed E-state index contributed by atoms with van der Waals surface area (Å²) in [6.45, 7) is 3.85. The minimum atomic E-state index is -0.934. The van der Waals surface area contributed by atoms with Crippen LogP contribution in [-0.4, -0.2) is 11.8 Å². The van der Waals surface area contributed by atoms with Gasteiger partial charge in [-0.05, 0) is 23.8 Å². The van der Waals surface area contributed by atoms with E-state index in [0.29, 0.717) is 23.7 Å². The molecule has 0 radical (unpaired) electrons. The van der Waals surface area contributed by atoms with Gasteiger partial charge in [-0.3, -0.25) is 0 Å². The van der Waals surface area contributed by atoms with Crippen molar-refractivity contribution in [1.82, 2.24) is 0 Å². The largest absolute Gasteiger partial charge is 0.489 e. The number of rotatable bonds is 3. The molecule has 0 bridgehead atoms. The van der Waals surface area contributed by atoms with Crippen LogP contribution in [0.15, 0.2) is 48.5 Å². The molecule has 0 unspecified atom stereocenters. The maximum Gasteiger partial charge on any atom is 0.345 e. The second-order valence-electron chi connectivity index (χ2n) is 5.32. The normalized spacial score (nSPS) is 15.6. The average Bonchev–Trinajstić information content (AvgIpc) is 2.45. The Morgan fingerprint density at radius 3 is 2.57 bits per heavy atom. The van der Waals surface area contributed by atoms with E-state index >= 15 is 0 Å². The van der Waals surface area contributed by atoms with Gasteiger partial charge in [0.15, 0.2) is 0 Å². The molecule has 2 aromatic carbocycles. The van der Waals surface area contributed by atoms with Crippen LogP contribution in [0.4, 0.5) is 0 Å². The summed E-state index contributed by atoms with van der Waals surface area (Å²) in [5.41, 5.74) is 1.45. The highest BCUT2D eigenvalue weighted by Gasteiger charge is 2.33. The predicted octanol–water partition coefficient (Wildman–Crippen LogP) is 3.55. The molecular formula is C17H16O4. The van der Waals surface area contributed by atoms with Crippen LogP contribution in [0.2, 0.25) is 0 Å². The number of hydrogen-bond donors (Lipinski definition) is 0. The molecule has 21 heavy (non-hydrogen) atoms. The summed E-state index contributed by atoms with van der Waals surface area (Å²) in [5.74, 6) is -0.205. The van der Waals surface area contributed by atoms with Crippen LogP contribution in [0, 0.1) is 0 Å². The second-order valence-corrected chi connectivity index (χ2v) is 5.32. The molecule has 2 aromatic rings. The number of fused-ring (bicyclic) bond motifs is 1. The van der Waals surface area contributed by atoms with Crippen LogP contribution < -0.4 is 9.47 Å².